The van der Waals surface area contributed by atoms with Gasteiger partial charge in [0.25, 0.3) is 11.8 Å². The summed E-state index contributed by atoms with van der Waals surface area (Å²) in [6, 6.07) is 10.4. The van der Waals surface area contributed by atoms with E-state index in [4.69, 9.17) is 10.1 Å². The third-order valence-corrected chi connectivity index (χ3v) is 6.26. The summed E-state index contributed by atoms with van der Waals surface area (Å²) in [5.41, 5.74) is 2.41. The van der Waals surface area contributed by atoms with Crippen LogP contribution in [0.4, 0.5) is 11.6 Å². The van der Waals surface area contributed by atoms with Gasteiger partial charge in [-0.1, -0.05) is 40.8 Å². The predicted molar refractivity (Wildman–Crippen MR) is 137 cm³/mol. The number of anilines is 2. The fraction of sp³-hybridized carbons (Fsp3) is 0.261. The number of hydrogen-bond acceptors (Lipinski definition) is 6. The highest BCUT2D eigenvalue weighted by molar-refractivity contribution is 14.1. The number of nitrogens with zero attached hydrogens (tertiary/aromatic N) is 4. The van der Waals surface area contributed by atoms with Gasteiger partial charge in [0, 0.05) is 41.9 Å². The number of halogens is 1. The summed E-state index contributed by atoms with van der Waals surface area (Å²) < 4.78 is 7.59. The second kappa shape index (κ2) is 10.7. The van der Waals surface area contributed by atoms with Gasteiger partial charge >= 0.3 is 0 Å². The Morgan fingerprint density at radius 1 is 1.03 bits per heavy atom. The topological polar surface area (TPSA) is 125 Å². The van der Waals surface area contributed by atoms with Crippen molar-refractivity contribution in [2.75, 3.05) is 36.9 Å². The van der Waals surface area contributed by atoms with Crippen molar-refractivity contribution in [2.24, 2.45) is 7.05 Å². The van der Waals surface area contributed by atoms with Gasteiger partial charge in [-0.15, -0.1) is 0 Å². The standard InChI is InChI=1S/C23H24IN7O3/c1-30-21(18(14-27-30)23(33)28-19-7-2-15(12-24)13-26-19)29-22(32)17-5-3-16(4-6-17)20(25)31-8-10-34-11-9-31/h2-7,13-14,25H,8-12H2,1H3,(H,29,32)(H,26,28,33). The van der Waals surface area contributed by atoms with E-state index in [0.29, 0.717) is 43.5 Å². The summed E-state index contributed by atoms with van der Waals surface area (Å²) in [4.78, 5) is 31.9. The maximum absolute atomic E-state index is 12.9. The van der Waals surface area contributed by atoms with Crippen LogP contribution in [0.3, 0.4) is 0 Å². The molecule has 1 aliphatic heterocycles. The van der Waals surface area contributed by atoms with Crippen LogP contribution in [0.5, 0.6) is 0 Å². The highest BCUT2D eigenvalue weighted by Crippen LogP contribution is 2.18. The van der Waals surface area contributed by atoms with Crippen LogP contribution in [-0.2, 0) is 16.2 Å². The van der Waals surface area contributed by atoms with E-state index in [1.807, 2.05) is 11.0 Å². The zero-order valence-corrected chi connectivity index (χ0v) is 20.7. The molecule has 176 valence electrons. The number of pyridine rings is 1. The number of aryl methyl sites for hydroxylation is 1. The molecule has 34 heavy (non-hydrogen) atoms. The van der Waals surface area contributed by atoms with E-state index in [0.717, 1.165) is 15.6 Å². The molecule has 2 amide bonds. The van der Waals surface area contributed by atoms with Gasteiger partial charge < -0.3 is 20.3 Å². The smallest absolute Gasteiger partial charge is 0.262 e. The first-order valence-electron chi connectivity index (χ1n) is 10.6. The zero-order chi connectivity index (χ0) is 24.1. The average Bonchev–Trinajstić information content (AvgIpc) is 3.24. The molecular formula is C23H24IN7O3. The molecule has 1 aromatic carbocycles. The summed E-state index contributed by atoms with van der Waals surface area (Å²) in [6.45, 7) is 2.54. The third kappa shape index (κ3) is 5.42. The Bertz CT molecular complexity index is 1190. The molecule has 3 aromatic rings. The number of benzene rings is 1. The van der Waals surface area contributed by atoms with Crippen LogP contribution in [0, 0.1) is 5.41 Å². The van der Waals surface area contributed by atoms with Crippen LogP contribution >= 0.6 is 22.6 Å². The molecule has 0 aliphatic carbocycles. The van der Waals surface area contributed by atoms with Crippen LogP contribution in [-0.4, -0.2) is 63.6 Å². The molecule has 3 heterocycles. The molecular weight excluding hydrogens is 549 g/mol. The van der Waals surface area contributed by atoms with Gasteiger partial charge in [-0.05, 0) is 23.8 Å². The van der Waals surface area contributed by atoms with Gasteiger partial charge in [0.1, 0.15) is 23.0 Å². The molecule has 0 unspecified atom stereocenters. The molecule has 0 atom stereocenters. The molecule has 0 radical (unpaired) electrons. The Morgan fingerprint density at radius 3 is 2.38 bits per heavy atom. The van der Waals surface area contributed by atoms with Gasteiger partial charge in [-0.3, -0.25) is 19.7 Å². The first kappa shape index (κ1) is 23.8. The number of carbonyl (C=O) groups is 2. The molecule has 3 N–H and O–H groups in total. The van der Waals surface area contributed by atoms with E-state index < -0.39 is 5.91 Å². The Balaban J connectivity index is 1.44. The lowest BCUT2D eigenvalue weighted by molar-refractivity contribution is 0.0680. The number of nitrogens with one attached hydrogen (secondary N) is 3. The minimum absolute atomic E-state index is 0.223. The van der Waals surface area contributed by atoms with Crippen LogP contribution in [0.1, 0.15) is 31.8 Å². The SMILES string of the molecule is Cn1ncc(C(=O)Nc2ccc(CI)cn2)c1NC(=O)c1ccc(C(=N)N2CCOCC2)cc1. The Kier molecular flexibility index (Phi) is 7.53. The van der Waals surface area contributed by atoms with Gasteiger partial charge in [-0.25, -0.2) is 4.98 Å². The molecule has 0 spiro atoms. The van der Waals surface area contributed by atoms with E-state index >= 15 is 0 Å². The number of hydrogen-bond donors (Lipinski definition) is 3. The fourth-order valence-electron chi connectivity index (χ4n) is 3.44. The quantitative estimate of drug-likeness (QED) is 0.180. The van der Waals surface area contributed by atoms with Crippen molar-refractivity contribution in [2.45, 2.75) is 4.43 Å². The molecule has 1 saturated heterocycles. The number of alkyl halides is 1. The average molecular weight is 573 g/mol. The maximum Gasteiger partial charge on any atom is 0.262 e. The minimum Gasteiger partial charge on any atom is -0.378 e. The molecule has 4 rings (SSSR count). The Labute approximate surface area is 210 Å². The van der Waals surface area contributed by atoms with Crippen LogP contribution in [0.2, 0.25) is 0 Å². The number of amidine groups is 1. The van der Waals surface area contributed by atoms with E-state index in [2.05, 4.69) is 43.3 Å². The van der Waals surface area contributed by atoms with E-state index in [1.165, 1.54) is 10.9 Å². The highest BCUT2D eigenvalue weighted by Gasteiger charge is 2.20. The number of carbonyl (C=O) groups excluding carboxylic acids is 2. The molecule has 11 heteroatoms. The summed E-state index contributed by atoms with van der Waals surface area (Å²) in [7, 11) is 1.65. The van der Waals surface area contributed by atoms with Gasteiger partial charge in [0.15, 0.2) is 0 Å². The minimum atomic E-state index is -0.424. The summed E-state index contributed by atoms with van der Waals surface area (Å²) in [5, 5.41) is 18.0. The summed E-state index contributed by atoms with van der Waals surface area (Å²) in [6.07, 6.45) is 3.10. The third-order valence-electron chi connectivity index (χ3n) is 5.38. The Hall–Kier alpha value is -3.32. The van der Waals surface area contributed by atoms with Crippen molar-refractivity contribution in [3.8, 4) is 0 Å². The molecule has 1 fully saturated rings. The van der Waals surface area contributed by atoms with E-state index in [9.17, 15) is 9.59 Å². The van der Waals surface area contributed by atoms with Gasteiger partial charge in [0.2, 0.25) is 0 Å². The van der Waals surface area contributed by atoms with Crippen molar-refractivity contribution < 1.29 is 14.3 Å². The number of rotatable bonds is 6. The second-order valence-electron chi connectivity index (χ2n) is 7.65. The van der Waals surface area contributed by atoms with Crippen molar-refractivity contribution >= 4 is 51.9 Å². The predicted octanol–water partition coefficient (Wildman–Crippen LogP) is 2.91. The summed E-state index contributed by atoms with van der Waals surface area (Å²) >= 11 is 2.24. The number of ether oxygens (including phenoxy) is 1. The molecule has 10 nitrogen and oxygen atoms in total. The zero-order valence-electron chi connectivity index (χ0n) is 18.5. The van der Waals surface area contributed by atoms with Crippen LogP contribution in [0.15, 0.2) is 48.8 Å². The largest absolute Gasteiger partial charge is 0.378 e. The van der Waals surface area contributed by atoms with Crippen molar-refractivity contribution in [1.29, 1.82) is 5.41 Å². The van der Waals surface area contributed by atoms with E-state index in [1.54, 1.807) is 43.6 Å². The molecule has 0 saturated carbocycles. The van der Waals surface area contributed by atoms with Gasteiger partial charge in [-0.2, -0.15) is 5.10 Å². The van der Waals surface area contributed by atoms with Crippen LogP contribution in [0.25, 0.3) is 0 Å². The Morgan fingerprint density at radius 2 is 1.74 bits per heavy atom. The van der Waals surface area contributed by atoms with Crippen LogP contribution < -0.4 is 10.6 Å². The lowest BCUT2D eigenvalue weighted by Crippen LogP contribution is -2.40. The maximum atomic E-state index is 12.9. The van der Waals surface area contributed by atoms with Crippen molar-refractivity contribution in [3.63, 3.8) is 0 Å². The lowest BCUT2D eigenvalue weighted by atomic mass is 10.1. The lowest BCUT2D eigenvalue weighted by Gasteiger charge is -2.29. The number of aromatic nitrogens is 3. The van der Waals surface area contributed by atoms with Crippen molar-refractivity contribution in [1.82, 2.24) is 19.7 Å². The summed E-state index contributed by atoms with van der Waals surface area (Å²) in [5.74, 6) is 0.287. The fourth-order valence-corrected chi connectivity index (χ4v) is 3.89. The first-order chi connectivity index (χ1) is 16.5. The number of morpholine rings is 1. The van der Waals surface area contributed by atoms with Crippen molar-refractivity contribution in [3.05, 3.63) is 71.0 Å². The van der Waals surface area contributed by atoms with E-state index in [-0.39, 0.29) is 17.3 Å². The molecule has 1 aliphatic rings. The second-order valence-corrected chi connectivity index (χ2v) is 8.41. The molecule has 2 aromatic heterocycles. The molecule has 0 bridgehead atoms. The van der Waals surface area contributed by atoms with Gasteiger partial charge in [0.05, 0.1) is 19.4 Å². The first-order valence-corrected chi connectivity index (χ1v) is 12.2. The highest BCUT2D eigenvalue weighted by atomic mass is 127. The normalized spacial score (nSPS) is 13.4. The monoisotopic (exact) mass is 573 g/mol. The number of amides is 2.